The van der Waals surface area contributed by atoms with E-state index < -0.39 is 16.1 Å². The first-order chi connectivity index (χ1) is 14.3. The van der Waals surface area contributed by atoms with E-state index in [9.17, 15) is 13.2 Å². The van der Waals surface area contributed by atoms with Gasteiger partial charge in [0, 0.05) is 28.8 Å². The zero-order chi connectivity index (χ0) is 21.3. The first-order valence-corrected chi connectivity index (χ1v) is 11.8. The van der Waals surface area contributed by atoms with Gasteiger partial charge < -0.3 is 10.6 Å². The number of carbonyl (C=O) groups excluding carboxylic acids is 1. The summed E-state index contributed by atoms with van der Waals surface area (Å²) in [6, 6.07) is 8.17. The Morgan fingerprint density at radius 3 is 2.90 bits per heavy atom. The van der Waals surface area contributed by atoms with Crippen molar-refractivity contribution >= 4 is 61.7 Å². The molecular weight excluding hydrogens is 446 g/mol. The summed E-state index contributed by atoms with van der Waals surface area (Å²) in [5.41, 5.74) is 7.42. The number of anilines is 1. The Morgan fingerprint density at radius 2 is 2.13 bits per heavy atom. The van der Waals surface area contributed by atoms with Gasteiger partial charge in [-0.3, -0.25) is 4.79 Å². The fourth-order valence-electron chi connectivity index (χ4n) is 3.26. The lowest BCUT2D eigenvalue weighted by atomic mass is 10.1. The van der Waals surface area contributed by atoms with Crippen molar-refractivity contribution < 1.29 is 13.2 Å². The van der Waals surface area contributed by atoms with Crippen molar-refractivity contribution in [2.75, 3.05) is 12.3 Å². The van der Waals surface area contributed by atoms with Gasteiger partial charge in [0.15, 0.2) is 0 Å². The van der Waals surface area contributed by atoms with Crippen molar-refractivity contribution in [1.82, 2.24) is 19.6 Å². The summed E-state index contributed by atoms with van der Waals surface area (Å²) in [4.78, 5) is 23.2. The Labute approximate surface area is 182 Å². The van der Waals surface area contributed by atoms with Gasteiger partial charge in [-0.05, 0) is 42.3 Å². The van der Waals surface area contributed by atoms with Crippen LogP contribution < -0.4 is 10.5 Å². The summed E-state index contributed by atoms with van der Waals surface area (Å²) in [6.07, 6.45) is 3.25. The number of thiophene rings is 1. The van der Waals surface area contributed by atoms with Crippen LogP contribution in [-0.4, -0.2) is 41.8 Å². The Hall–Kier alpha value is -2.53. The molecule has 3 aromatic rings. The third kappa shape index (κ3) is 4.62. The number of nitrogens with two attached hydrogens (primary N) is 1. The van der Waals surface area contributed by atoms with Crippen molar-refractivity contribution in [2.24, 2.45) is 0 Å². The lowest BCUT2D eigenvalue weighted by molar-refractivity contribution is -0.129. The van der Waals surface area contributed by atoms with E-state index in [0.717, 1.165) is 16.4 Å². The summed E-state index contributed by atoms with van der Waals surface area (Å²) in [5, 5.41) is 1.80. The maximum atomic E-state index is 12.7. The predicted molar refractivity (Wildman–Crippen MR) is 118 cm³/mol. The molecule has 0 radical (unpaired) electrons. The number of nitrogen functional groups attached to an aromatic ring is 1. The van der Waals surface area contributed by atoms with Crippen LogP contribution in [0.4, 0.5) is 5.82 Å². The zero-order valence-electron chi connectivity index (χ0n) is 15.7. The van der Waals surface area contributed by atoms with Gasteiger partial charge in [0.25, 0.3) is 0 Å². The molecule has 3 heterocycles. The number of hydrogen-bond donors (Lipinski definition) is 2. The van der Waals surface area contributed by atoms with Crippen LogP contribution in [-0.2, 0) is 21.4 Å². The number of nitrogens with one attached hydrogen (secondary N) is 1. The van der Waals surface area contributed by atoms with Crippen molar-refractivity contribution in [1.29, 1.82) is 0 Å². The van der Waals surface area contributed by atoms with Crippen molar-refractivity contribution in [2.45, 2.75) is 19.0 Å². The van der Waals surface area contributed by atoms with Gasteiger partial charge in [-0.2, -0.15) is 4.72 Å². The fraction of sp³-hybridized carbons (Fsp3) is 0.211. The monoisotopic (exact) mass is 463 g/mol. The summed E-state index contributed by atoms with van der Waals surface area (Å²) >= 11 is 7.11. The van der Waals surface area contributed by atoms with Crippen LogP contribution in [0.2, 0.25) is 4.34 Å². The maximum absolute atomic E-state index is 12.7. The molecule has 0 spiro atoms. The molecule has 0 aliphatic carbocycles. The lowest BCUT2D eigenvalue weighted by Gasteiger charge is -2.17. The van der Waals surface area contributed by atoms with Crippen molar-refractivity contribution in [3.8, 4) is 0 Å². The second-order valence-corrected chi connectivity index (χ2v) is 10.2. The Bertz CT molecular complexity index is 1240. The molecule has 0 unspecified atom stereocenters. The number of hydrogen-bond acceptors (Lipinski definition) is 7. The van der Waals surface area contributed by atoms with E-state index in [4.69, 9.17) is 17.3 Å². The molecule has 1 saturated heterocycles. The third-order valence-corrected chi connectivity index (χ3v) is 7.02. The van der Waals surface area contributed by atoms with E-state index in [1.807, 2.05) is 18.2 Å². The minimum absolute atomic E-state index is 0.256. The molecular formula is C19H18ClN5O3S2. The quantitative estimate of drug-likeness (QED) is 0.580. The van der Waals surface area contributed by atoms with Gasteiger partial charge >= 0.3 is 0 Å². The molecule has 0 saturated carbocycles. The largest absolute Gasteiger partial charge is 0.383 e. The molecule has 1 aliphatic heterocycles. The number of carbonyl (C=O) groups is 1. The number of benzene rings is 1. The number of halogens is 1. The van der Waals surface area contributed by atoms with E-state index >= 15 is 0 Å². The Morgan fingerprint density at radius 1 is 1.30 bits per heavy atom. The SMILES string of the molecule is Nc1ncnc2cc(CN3CC[C@H](NS(=O)(=O)C=Cc4ccc(Cl)s4)C3=O)ccc12. The van der Waals surface area contributed by atoms with Gasteiger partial charge in [-0.25, -0.2) is 18.4 Å². The van der Waals surface area contributed by atoms with E-state index in [0.29, 0.717) is 40.1 Å². The molecule has 1 atom stereocenters. The van der Waals surface area contributed by atoms with Crippen LogP contribution in [0, 0.1) is 0 Å². The summed E-state index contributed by atoms with van der Waals surface area (Å²) < 4.78 is 27.7. The van der Waals surface area contributed by atoms with Crippen molar-refractivity contribution in [3.05, 3.63) is 56.8 Å². The van der Waals surface area contributed by atoms with Crippen molar-refractivity contribution in [3.63, 3.8) is 0 Å². The molecule has 11 heteroatoms. The second kappa shape index (κ2) is 8.31. The molecule has 1 amide bonds. The minimum Gasteiger partial charge on any atom is -0.383 e. The number of nitrogens with zero attached hydrogens (tertiary/aromatic N) is 3. The molecule has 1 aliphatic rings. The maximum Gasteiger partial charge on any atom is 0.241 e. The van der Waals surface area contributed by atoms with E-state index in [1.54, 1.807) is 17.0 Å². The lowest BCUT2D eigenvalue weighted by Crippen LogP contribution is -2.40. The normalized spacial score (nSPS) is 17.4. The molecule has 1 aromatic carbocycles. The van der Waals surface area contributed by atoms with Crippen LogP contribution in [0.25, 0.3) is 17.0 Å². The van der Waals surface area contributed by atoms with Crippen LogP contribution in [0.1, 0.15) is 16.9 Å². The minimum atomic E-state index is -3.76. The predicted octanol–water partition coefficient (Wildman–Crippen LogP) is 2.62. The molecule has 1 fully saturated rings. The van der Waals surface area contributed by atoms with E-state index in [-0.39, 0.29) is 5.91 Å². The molecule has 4 rings (SSSR count). The van der Waals surface area contributed by atoms with Gasteiger partial charge in [0.2, 0.25) is 15.9 Å². The highest BCUT2D eigenvalue weighted by atomic mass is 35.5. The number of fused-ring (bicyclic) bond motifs is 1. The Balaban J connectivity index is 1.41. The first-order valence-electron chi connectivity index (χ1n) is 9.04. The fourth-order valence-corrected chi connectivity index (χ4v) is 5.33. The number of rotatable bonds is 6. The molecule has 0 bridgehead atoms. The topological polar surface area (TPSA) is 118 Å². The zero-order valence-corrected chi connectivity index (χ0v) is 18.0. The smallest absolute Gasteiger partial charge is 0.241 e. The van der Waals surface area contributed by atoms with Gasteiger partial charge in [-0.15, -0.1) is 11.3 Å². The van der Waals surface area contributed by atoms with Gasteiger partial charge in [0.05, 0.1) is 9.85 Å². The number of likely N-dealkylation sites (tertiary alicyclic amines) is 1. The van der Waals surface area contributed by atoms with Gasteiger partial charge in [0.1, 0.15) is 18.2 Å². The summed E-state index contributed by atoms with van der Waals surface area (Å²) in [7, 11) is -3.76. The van der Waals surface area contributed by atoms with Crippen LogP contribution in [0.15, 0.2) is 42.1 Å². The highest BCUT2D eigenvalue weighted by molar-refractivity contribution is 7.92. The Kier molecular flexibility index (Phi) is 5.74. The van der Waals surface area contributed by atoms with Gasteiger partial charge in [-0.1, -0.05) is 17.7 Å². The highest BCUT2D eigenvalue weighted by Crippen LogP contribution is 2.23. The second-order valence-electron chi connectivity index (χ2n) is 6.82. The molecule has 2 aromatic heterocycles. The van der Waals surface area contributed by atoms with E-state index in [2.05, 4.69) is 14.7 Å². The first kappa shape index (κ1) is 20.7. The average Bonchev–Trinajstić information content (AvgIpc) is 3.27. The summed E-state index contributed by atoms with van der Waals surface area (Å²) in [5.74, 6) is 0.143. The standard InChI is InChI=1S/C19H18ClN5O3S2/c20-17-4-2-13(29-17)6-8-30(27,28)24-15-5-7-25(19(15)26)10-12-1-3-14-16(9-12)22-11-23-18(14)21/h1-4,6,8-9,11,15,24H,5,7,10H2,(H2,21,22,23)/t15-/m0/s1. The highest BCUT2D eigenvalue weighted by Gasteiger charge is 2.33. The molecule has 30 heavy (non-hydrogen) atoms. The molecule has 156 valence electrons. The number of aromatic nitrogens is 2. The average molecular weight is 464 g/mol. The van der Waals surface area contributed by atoms with Crippen LogP contribution >= 0.6 is 22.9 Å². The summed E-state index contributed by atoms with van der Waals surface area (Å²) in [6.45, 7) is 0.820. The van der Waals surface area contributed by atoms with Crippen LogP contribution in [0.3, 0.4) is 0 Å². The number of amides is 1. The van der Waals surface area contributed by atoms with E-state index in [1.165, 1.54) is 23.7 Å². The van der Waals surface area contributed by atoms with Crippen LogP contribution in [0.5, 0.6) is 0 Å². The molecule has 8 nitrogen and oxygen atoms in total. The third-order valence-electron chi connectivity index (χ3n) is 4.71. The molecule has 3 N–H and O–H groups in total. The number of sulfonamides is 1.